The standard InChI is InChI=1S/C12H17N3O5/c13-10(16)4-3-9(11(17)18)15-12(19)14-6-5-8-2-1-7-20-8/h1-2,7,9H,3-6H2,(H2,13,16)(H,17,18)(H2,14,15,19). The molecule has 1 atom stereocenters. The zero-order valence-electron chi connectivity index (χ0n) is 10.8. The first-order valence-electron chi connectivity index (χ1n) is 6.07. The normalized spacial score (nSPS) is 11.6. The molecule has 3 amide bonds. The van der Waals surface area contributed by atoms with Gasteiger partial charge in [-0.25, -0.2) is 9.59 Å². The molecule has 1 aromatic heterocycles. The van der Waals surface area contributed by atoms with Gasteiger partial charge < -0.3 is 25.9 Å². The first-order valence-corrected chi connectivity index (χ1v) is 6.07. The number of rotatable bonds is 8. The van der Waals surface area contributed by atoms with Crippen molar-refractivity contribution in [2.75, 3.05) is 6.54 Å². The number of hydrogen-bond donors (Lipinski definition) is 4. The van der Waals surface area contributed by atoms with Crippen LogP contribution in [0.15, 0.2) is 22.8 Å². The maximum absolute atomic E-state index is 11.5. The van der Waals surface area contributed by atoms with Crippen LogP contribution in [0.3, 0.4) is 0 Å². The summed E-state index contributed by atoms with van der Waals surface area (Å²) in [6, 6.07) is 1.74. The molecule has 0 aliphatic rings. The zero-order chi connectivity index (χ0) is 15.0. The molecule has 1 aromatic rings. The van der Waals surface area contributed by atoms with Crippen LogP contribution >= 0.6 is 0 Å². The molecule has 8 heteroatoms. The Hall–Kier alpha value is -2.51. The molecule has 0 radical (unpaired) electrons. The Balaban J connectivity index is 2.30. The first-order chi connectivity index (χ1) is 9.49. The van der Waals surface area contributed by atoms with Crippen LogP contribution in [0.2, 0.25) is 0 Å². The molecular weight excluding hydrogens is 266 g/mol. The van der Waals surface area contributed by atoms with Crippen LogP contribution in [0.4, 0.5) is 4.79 Å². The van der Waals surface area contributed by atoms with Gasteiger partial charge in [-0.3, -0.25) is 4.79 Å². The van der Waals surface area contributed by atoms with E-state index < -0.39 is 23.9 Å². The number of carbonyl (C=O) groups excluding carboxylic acids is 2. The number of amides is 3. The summed E-state index contributed by atoms with van der Waals surface area (Å²) in [5, 5.41) is 13.7. The monoisotopic (exact) mass is 283 g/mol. The molecule has 0 bridgehead atoms. The highest BCUT2D eigenvalue weighted by atomic mass is 16.4. The van der Waals surface area contributed by atoms with Crippen molar-refractivity contribution in [2.45, 2.75) is 25.3 Å². The van der Waals surface area contributed by atoms with E-state index in [4.69, 9.17) is 15.3 Å². The summed E-state index contributed by atoms with van der Waals surface area (Å²) in [4.78, 5) is 33.0. The number of carbonyl (C=O) groups is 3. The Bertz CT molecular complexity index is 458. The van der Waals surface area contributed by atoms with E-state index in [1.165, 1.54) is 6.26 Å². The van der Waals surface area contributed by atoms with Crippen molar-refractivity contribution in [3.63, 3.8) is 0 Å². The predicted molar refractivity (Wildman–Crippen MR) is 68.8 cm³/mol. The van der Waals surface area contributed by atoms with Crippen molar-refractivity contribution < 1.29 is 23.9 Å². The van der Waals surface area contributed by atoms with E-state index in [0.717, 1.165) is 0 Å². The summed E-state index contributed by atoms with van der Waals surface area (Å²) in [6.07, 6.45) is 1.87. The Labute approximate surface area is 115 Å². The number of carboxylic acid groups (broad SMARTS) is 1. The van der Waals surface area contributed by atoms with Gasteiger partial charge >= 0.3 is 12.0 Å². The highest BCUT2D eigenvalue weighted by Gasteiger charge is 2.20. The van der Waals surface area contributed by atoms with Gasteiger partial charge in [0.25, 0.3) is 0 Å². The fourth-order valence-electron chi connectivity index (χ4n) is 1.51. The lowest BCUT2D eigenvalue weighted by Gasteiger charge is -2.14. The maximum atomic E-state index is 11.5. The minimum Gasteiger partial charge on any atom is -0.480 e. The summed E-state index contributed by atoms with van der Waals surface area (Å²) in [6.45, 7) is 0.307. The number of aliphatic carboxylic acids is 1. The van der Waals surface area contributed by atoms with E-state index in [0.29, 0.717) is 18.7 Å². The topological polar surface area (TPSA) is 135 Å². The molecule has 110 valence electrons. The van der Waals surface area contributed by atoms with Crippen LogP contribution in [0.25, 0.3) is 0 Å². The number of carboxylic acids is 1. The molecular formula is C12H17N3O5. The SMILES string of the molecule is NC(=O)CCC(NC(=O)NCCc1ccco1)C(=O)O. The summed E-state index contributed by atoms with van der Waals surface area (Å²) < 4.78 is 5.08. The predicted octanol–water partition coefficient (Wildman–Crippen LogP) is -0.160. The molecule has 1 unspecified atom stereocenters. The molecule has 0 saturated heterocycles. The molecule has 0 aliphatic heterocycles. The smallest absolute Gasteiger partial charge is 0.326 e. The van der Waals surface area contributed by atoms with Gasteiger partial charge in [0.2, 0.25) is 5.91 Å². The van der Waals surface area contributed by atoms with Gasteiger partial charge in [-0.05, 0) is 18.6 Å². The molecule has 1 heterocycles. The maximum Gasteiger partial charge on any atom is 0.326 e. The molecule has 0 spiro atoms. The highest BCUT2D eigenvalue weighted by Crippen LogP contribution is 2.00. The summed E-state index contributed by atoms with van der Waals surface area (Å²) in [5.74, 6) is -1.11. The summed E-state index contributed by atoms with van der Waals surface area (Å²) in [7, 11) is 0. The van der Waals surface area contributed by atoms with Crippen molar-refractivity contribution in [2.24, 2.45) is 5.73 Å². The van der Waals surface area contributed by atoms with Crippen LogP contribution in [-0.4, -0.2) is 35.6 Å². The van der Waals surface area contributed by atoms with E-state index in [1.807, 2.05) is 0 Å². The number of nitrogens with two attached hydrogens (primary N) is 1. The number of nitrogens with one attached hydrogen (secondary N) is 2. The van der Waals surface area contributed by atoms with Gasteiger partial charge in [0.05, 0.1) is 6.26 Å². The Morgan fingerprint density at radius 3 is 2.70 bits per heavy atom. The third-order valence-corrected chi connectivity index (χ3v) is 2.52. The van der Waals surface area contributed by atoms with Crippen LogP contribution in [0.1, 0.15) is 18.6 Å². The summed E-state index contributed by atoms with van der Waals surface area (Å²) in [5.41, 5.74) is 4.94. The van der Waals surface area contributed by atoms with Crippen LogP contribution in [0.5, 0.6) is 0 Å². The lowest BCUT2D eigenvalue weighted by molar-refractivity contribution is -0.139. The van der Waals surface area contributed by atoms with Crippen molar-refractivity contribution in [1.82, 2.24) is 10.6 Å². The molecule has 0 aliphatic carbocycles. The average molecular weight is 283 g/mol. The van der Waals surface area contributed by atoms with Gasteiger partial charge in [0.15, 0.2) is 0 Å². The molecule has 0 saturated carbocycles. The fraction of sp³-hybridized carbons (Fsp3) is 0.417. The van der Waals surface area contributed by atoms with E-state index >= 15 is 0 Å². The Morgan fingerprint density at radius 2 is 2.15 bits per heavy atom. The van der Waals surface area contributed by atoms with Gasteiger partial charge in [-0.2, -0.15) is 0 Å². The fourth-order valence-corrected chi connectivity index (χ4v) is 1.51. The number of primary amides is 1. The highest BCUT2D eigenvalue weighted by molar-refractivity contribution is 5.83. The first kappa shape index (κ1) is 15.5. The largest absolute Gasteiger partial charge is 0.480 e. The third kappa shape index (κ3) is 5.89. The van der Waals surface area contributed by atoms with Crippen molar-refractivity contribution in [3.05, 3.63) is 24.2 Å². The lowest BCUT2D eigenvalue weighted by atomic mass is 10.1. The minimum absolute atomic E-state index is 0.0454. The van der Waals surface area contributed by atoms with Crippen molar-refractivity contribution >= 4 is 17.9 Å². The summed E-state index contributed by atoms with van der Waals surface area (Å²) >= 11 is 0. The average Bonchev–Trinajstić information content (AvgIpc) is 2.87. The second-order valence-electron chi connectivity index (χ2n) is 4.13. The molecule has 20 heavy (non-hydrogen) atoms. The molecule has 0 aromatic carbocycles. The van der Waals surface area contributed by atoms with E-state index in [1.54, 1.807) is 12.1 Å². The Morgan fingerprint density at radius 1 is 1.40 bits per heavy atom. The van der Waals surface area contributed by atoms with Gasteiger partial charge in [0.1, 0.15) is 11.8 Å². The van der Waals surface area contributed by atoms with Crippen molar-refractivity contribution in [1.29, 1.82) is 0 Å². The molecule has 0 fully saturated rings. The van der Waals surface area contributed by atoms with Gasteiger partial charge in [-0.1, -0.05) is 0 Å². The quantitative estimate of drug-likeness (QED) is 0.526. The lowest BCUT2D eigenvalue weighted by Crippen LogP contribution is -2.46. The second-order valence-corrected chi connectivity index (χ2v) is 4.13. The van der Waals surface area contributed by atoms with Crippen LogP contribution in [-0.2, 0) is 16.0 Å². The van der Waals surface area contributed by atoms with Gasteiger partial charge in [-0.15, -0.1) is 0 Å². The number of furan rings is 1. The minimum atomic E-state index is -1.22. The van der Waals surface area contributed by atoms with E-state index in [2.05, 4.69) is 10.6 Å². The van der Waals surface area contributed by atoms with Crippen molar-refractivity contribution in [3.8, 4) is 0 Å². The molecule has 8 nitrogen and oxygen atoms in total. The molecule has 5 N–H and O–H groups in total. The third-order valence-electron chi connectivity index (χ3n) is 2.52. The van der Waals surface area contributed by atoms with Crippen LogP contribution < -0.4 is 16.4 Å². The van der Waals surface area contributed by atoms with E-state index in [-0.39, 0.29) is 12.8 Å². The Kier molecular flexibility index (Phi) is 6.08. The number of hydrogen-bond acceptors (Lipinski definition) is 4. The van der Waals surface area contributed by atoms with E-state index in [9.17, 15) is 14.4 Å². The number of urea groups is 1. The molecule has 1 rings (SSSR count). The zero-order valence-corrected chi connectivity index (χ0v) is 10.8. The van der Waals surface area contributed by atoms with Crippen LogP contribution in [0, 0.1) is 0 Å². The second kappa shape index (κ2) is 7.82. The van der Waals surface area contributed by atoms with Gasteiger partial charge in [0, 0.05) is 19.4 Å².